The van der Waals surface area contributed by atoms with E-state index in [1.165, 1.54) is 12.4 Å². The molecule has 2 heterocycles. The first-order valence-electron chi connectivity index (χ1n) is 9.62. The second kappa shape index (κ2) is 9.17. The lowest BCUT2D eigenvalue weighted by molar-refractivity contribution is -0.117. The lowest BCUT2D eigenvalue weighted by Gasteiger charge is -2.19. The van der Waals surface area contributed by atoms with E-state index in [-0.39, 0.29) is 34.8 Å². The molecule has 166 valence electrons. The van der Waals surface area contributed by atoms with Crippen molar-refractivity contribution in [3.05, 3.63) is 40.0 Å². The summed E-state index contributed by atoms with van der Waals surface area (Å²) in [6, 6.07) is 0. The fourth-order valence-electron chi connectivity index (χ4n) is 3.00. The topological polar surface area (TPSA) is 119 Å². The third-order valence-corrected chi connectivity index (χ3v) is 7.78. The Labute approximate surface area is 181 Å². The van der Waals surface area contributed by atoms with Crippen LogP contribution < -0.4 is 5.14 Å². The summed E-state index contributed by atoms with van der Waals surface area (Å²) in [5, 5.41) is 16.2. The van der Waals surface area contributed by atoms with Crippen LogP contribution in [0.15, 0.2) is 21.0 Å². The van der Waals surface area contributed by atoms with Crippen LogP contribution in [0.4, 0.5) is 4.39 Å². The van der Waals surface area contributed by atoms with Gasteiger partial charge in [0.05, 0.1) is 6.20 Å². The number of carbonyl (C=O) groups is 1. The van der Waals surface area contributed by atoms with Gasteiger partial charge < -0.3 is 5.11 Å². The molecular weight excluding hydrogens is 427 g/mol. The Balaban J connectivity index is 2.31. The fraction of sp³-hybridized carbons (Fsp3) is 0.550. The first kappa shape index (κ1) is 24.5. The quantitative estimate of drug-likeness (QED) is 0.588. The van der Waals surface area contributed by atoms with E-state index in [0.717, 1.165) is 16.9 Å². The Hall–Kier alpha value is -1.75. The van der Waals surface area contributed by atoms with Crippen LogP contribution in [0.2, 0.25) is 0 Å². The fourth-order valence-corrected chi connectivity index (χ4v) is 5.19. The molecule has 1 atom stereocenters. The number of pyridine rings is 1. The zero-order chi connectivity index (χ0) is 22.9. The maximum Gasteiger partial charge on any atom is 0.216 e. The Bertz CT molecular complexity index is 1050. The van der Waals surface area contributed by atoms with E-state index in [2.05, 4.69) is 14.3 Å². The largest absolute Gasteiger partial charge is 0.383 e. The Morgan fingerprint density at radius 3 is 2.40 bits per heavy atom. The van der Waals surface area contributed by atoms with Crippen molar-refractivity contribution in [1.82, 2.24) is 9.97 Å². The van der Waals surface area contributed by atoms with Gasteiger partial charge in [0.15, 0.2) is 5.78 Å². The number of ketones is 1. The molecule has 0 aromatic carbocycles. The SMILES string of the molecule is CC(C)c1cnc(F)c(C(C)C)c1CC(=O)CN=S(N)(=O)c1cnc(C(C)(C)O)s1. The lowest BCUT2D eigenvalue weighted by atomic mass is 9.88. The van der Waals surface area contributed by atoms with Crippen LogP contribution in [0.5, 0.6) is 0 Å². The van der Waals surface area contributed by atoms with E-state index < -0.39 is 21.5 Å². The van der Waals surface area contributed by atoms with E-state index in [1.807, 2.05) is 27.7 Å². The molecule has 7 nitrogen and oxygen atoms in total. The van der Waals surface area contributed by atoms with E-state index in [1.54, 1.807) is 13.8 Å². The van der Waals surface area contributed by atoms with Gasteiger partial charge in [-0.3, -0.25) is 4.79 Å². The Morgan fingerprint density at radius 1 is 1.27 bits per heavy atom. The highest BCUT2D eigenvalue weighted by Crippen LogP contribution is 2.30. The number of aromatic nitrogens is 2. The summed E-state index contributed by atoms with van der Waals surface area (Å²) in [6.45, 7) is 10.3. The van der Waals surface area contributed by atoms with Crippen molar-refractivity contribution < 1.29 is 18.5 Å². The summed E-state index contributed by atoms with van der Waals surface area (Å²) in [5.41, 5.74) is 0.637. The molecule has 2 rings (SSSR count). The summed E-state index contributed by atoms with van der Waals surface area (Å²) in [7, 11) is -3.34. The normalized spacial score (nSPS) is 14.2. The van der Waals surface area contributed by atoms with Gasteiger partial charge in [0.1, 0.15) is 31.3 Å². The molecule has 1 unspecified atom stereocenters. The zero-order valence-corrected chi connectivity index (χ0v) is 19.7. The average Bonchev–Trinajstić information content (AvgIpc) is 3.11. The van der Waals surface area contributed by atoms with Gasteiger partial charge >= 0.3 is 0 Å². The molecule has 0 saturated heterocycles. The predicted octanol–water partition coefficient (Wildman–Crippen LogP) is 3.66. The molecule has 0 radical (unpaired) electrons. The molecule has 0 aliphatic rings. The van der Waals surface area contributed by atoms with Gasteiger partial charge in [-0.1, -0.05) is 27.7 Å². The molecule has 2 aromatic heterocycles. The van der Waals surface area contributed by atoms with Gasteiger partial charge in [0.25, 0.3) is 0 Å². The van der Waals surface area contributed by atoms with Crippen LogP contribution in [0.25, 0.3) is 0 Å². The number of hydrogen-bond donors (Lipinski definition) is 2. The summed E-state index contributed by atoms with van der Waals surface area (Å²) in [4.78, 5) is 20.5. The Morgan fingerprint density at radius 2 is 1.90 bits per heavy atom. The molecule has 30 heavy (non-hydrogen) atoms. The molecule has 0 amide bonds. The van der Waals surface area contributed by atoms with E-state index in [9.17, 15) is 18.5 Å². The maximum absolute atomic E-state index is 14.4. The van der Waals surface area contributed by atoms with Crippen molar-refractivity contribution in [1.29, 1.82) is 0 Å². The van der Waals surface area contributed by atoms with Crippen LogP contribution >= 0.6 is 11.3 Å². The number of hydrogen-bond acceptors (Lipinski definition) is 7. The van der Waals surface area contributed by atoms with Gasteiger partial charge in [0, 0.05) is 18.2 Å². The molecule has 0 aliphatic heterocycles. The number of rotatable bonds is 8. The highest BCUT2D eigenvalue weighted by Gasteiger charge is 2.24. The number of nitrogens with two attached hydrogens (primary N) is 1. The van der Waals surface area contributed by atoms with Crippen LogP contribution in [0.3, 0.4) is 0 Å². The minimum atomic E-state index is -3.34. The van der Waals surface area contributed by atoms with Crippen molar-refractivity contribution in [2.45, 2.75) is 69.6 Å². The van der Waals surface area contributed by atoms with Gasteiger partial charge in [0.2, 0.25) is 5.95 Å². The molecule has 0 aliphatic carbocycles. The van der Waals surface area contributed by atoms with Crippen LogP contribution in [-0.4, -0.2) is 31.6 Å². The molecule has 2 aromatic rings. The standard InChI is InChI=1S/C20H29FN4O3S2/c1-11(2)15-9-23-18(21)17(12(3)4)14(15)7-13(26)8-25-30(22,28)16-10-24-19(29-16)20(5,6)27/h9-12,27H,7-8H2,1-6H3,(H2,22,25,28). The summed E-state index contributed by atoms with van der Waals surface area (Å²) < 4.78 is 31.2. The van der Waals surface area contributed by atoms with Crippen LogP contribution in [0, 0.1) is 5.95 Å². The van der Waals surface area contributed by atoms with Gasteiger partial charge in [-0.05, 0) is 36.8 Å². The third kappa shape index (κ3) is 5.69. The minimum absolute atomic E-state index is 0.0445. The second-order valence-electron chi connectivity index (χ2n) is 8.32. The number of nitrogens with zero attached hydrogens (tertiary/aromatic N) is 3. The average molecular weight is 457 g/mol. The van der Waals surface area contributed by atoms with Gasteiger partial charge in [-0.15, -0.1) is 11.3 Å². The summed E-state index contributed by atoms with van der Waals surface area (Å²) >= 11 is 0.993. The third-order valence-electron chi connectivity index (χ3n) is 4.51. The van der Waals surface area contributed by atoms with Crippen molar-refractivity contribution in [3.63, 3.8) is 0 Å². The zero-order valence-electron chi connectivity index (χ0n) is 18.1. The minimum Gasteiger partial charge on any atom is -0.383 e. The van der Waals surface area contributed by atoms with Crippen LogP contribution in [0.1, 0.15) is 75.1 Å². The number of aliphatic hydroxyl groups is 1. The smallest absolute Gasteiger partial charge is 0.216 e. The number of thiazole rings is 1. The van der Waals surface area contributed by atoms with E-state index in [0.29, 0.717) is 16.1 Å². The Kier molecular flexibility index (Phi) is 7.49. The van der Waals surface area contributed by atoms with Crippen LogP contribution in [-0.2, 0) is 26.7 Å². The van der Waals surface area contributed by atoms with E-state index >= 15 is 0 Å². The first-order valence-corrected chi connectivity index (χ1v) is 12.0. The molecule has 0 saturated carbocycles. The van der Waals surface area contributed by atoms with Crippen molar-refractivity contribution in [3.8, 4) is 0 Å². The lowest BCUT2D eigenvalue weighted by Crippen LogP contribution is -2.18. The summed E-state index contributed by atoms with van der Waals surface area (Å²) in [5.74, 6) is -0.992. The van der Waals surface area contributed by atoms with Crippen molar-refractivity contribution in [2.75, 3.05) is 6.54 Å². The molecule has 0 spiro atoms. The molecule has 3 N–H and O–H groups in total. The maximum atomic E-state index is 14.4. The molecule has 0 bridgehead atoms. The van der Waals surface area contributed by atoms with Crippen molar-refractivity contribution >= 4 is 27.0 Å². The predicted molar refractivity (Wildman–Crippen MR) is 116 cm³/mol. The second-order valence-corrected chi connectivity index (χ2v) is 11.4. The molecule has 10 heteroatoms. The van der Waals surface area contributed by atoms with E-state index in [4.69, 9.17) is 5.14 Å². The number of carbonyl (C=O) groups excluding carboxylic acids is 1. The highest BCUT2D eigenvalue weighted by molar-refractivity contribution is 7.93. The first-order chi connectivity index (χ1) is 13.7. The highest BCUT2D eigenvalue weighted by atomic mass is 32.2. The van der Waals surface area contributed by atoms with Gasteiger partial charge in [-0.25, -0.2) is 23.7 Å². The molecule has 0 fully saturated rings. The molecular formula is C20H29FN4O3S2. The number of halogens is 1. The summed E-state index contributed by atoms with van der Waals surface area (Å²) in [6.07, 6.45) is 2.73. The van der Waals surface area contributed by atoms with Crippen molar-refractivity contribution in [2.24, 2.45) is 9.50 Å². The van der Waals surface area contributed by atoms with Gasteiger partial charge in [-0.2, -0.15) is 4.39 Å². The number of Topliss-reactive ketones (excluding diaryl/α,β-unsaturated/α-hetero) is 1. The monoisotopic (exact) mass is 456 g/mol.